The Balaban J connectivity index is 2.52. The number of nitrogens with two attached hydrogens (primary N) is 1. The molecule has 102 valence electrons. The third-order valence-corrected chi connectivity index (χ3v) is 3.70. The summed E-state index contributed by atoms with van der Waals surface area (Å²) in [5.74, 6) is -0.0495. The second-order valence-electron chi connectivity index (χ2n) is 4.12. The van der Waals surface area contributed by atoms with Gasteiger partial charge in [-0.3, -0.25) is 0 Å². The number of benzene rings is 1. The van der Waals surface area contributed by atoms with Crippen LogP contribution in [0.4, 0.5) is 5.69 Å². The van der Waals surface area contributed by atoms with Crippen molar-refractivity contribution in [2.75, 3.05) is 18.9 Å². The van der Waals surface area contributed by atoms with Gasteiger partial charge in [0.25, 0.3) is 0 Å². The van der Waals surface area contributed by atoms with Gasteiger partial charge in [-0.05, 0) is 31.5 Å². The van der Waals surface area contributed by atoms with Gasteiger partial charge in [0.15, 0.2) is 0 Å². The Bertz CT molecular complexity index is 457. The minimum atomic E-state index is -3.33. The molecule has 0 aliphatic rings. The van der Waals surface area contributed by atoms with Crippen molar-refractivity contribution < 1.29 is 13.2 Å². The van der Waals surface area contributed by atoms with Gasteiger partial charge in [-0.1, -0.05) is 12.1 Å². The van der Waals surface area contributed by atoms with Crippen molar-refractivity contribution in [2.45, 2.75) is 25.7 Å². The standard InChI is InChI=1S/C12H20N2O3S/c1-3-17-10(2)8-14-18(15,16)9-11-4-6-12(13)7-5-11/h4-7,10,14H,3,8-9,13H2,1-2H3. The van der Waals surface area contributed by atoms with Gasteiger partial charge in [0.05, 0.1) is 11.9 Å². The molecule has 3 N–H and O–H groups in total. The number of nitrogens with one attached hydrogen (secondary N) is 1. The summed E-state index contributed by atoms with van der Waals surface area (Å²) in [6.07, 6.45) is -0.129. The molecule has 1 atom stereocenters. The fourth-order valence-electron chi connectivity index (χ4n) is 1.47. The second-order valence-corrected chi connectivity index (χ2v) is 5.92. The van der Waals surface area contributed by atoms with Crippen LogP contribution in [0.3, 0.4) is 0 Å². The van der Waals surface area contributed by atoms with Gasteiger partial charge >= 0.3 is 0 Å². The van der Waals surface area contributed by atoms with Crippen LogP contribution >= 0.6 is 0 Å². The Hall–Kier alpha value is -1.11. The molecule has 1 rings (SSSR count). The van der Waals surface area contributed by atoms with Crippen molar-refractivity contribution in [2.24, 2.45) is 0 Å². The van der Waals surface area contributed by atoms with E-state index in [2.05, 4.69) is 4.72 Å². The molecule has 0 amide bonds. The average Bonchev–Trinajstić information content (AvgIpc) is 2.30. The predicted octanol–water partition coefficient (Wildman–Crippen LogP) is 1.11. The van der Waals surface area contributed by atoms with E-state index in [1.165, 1.54) is 0 Å². The van der Waals surface area contributed by atoms with E-state index in [0.29, 0.717) is 17.9 Å². The van der Waals surface area contributed by atoms with Gasteiger partial charge in [0.2, 0.25) is 10.0 Å². The summed E-state index contributed by atoms with van der Waals surface area (Å²) < 4.78 is 31.4. The van der Waals surface area contributed by atoms with E-state index in [1.54, 1.807) is 24.3 Å². The smallest absolute Gasteiger partial charge is 0.215 e. The van der Waals surface area contributed by atoms with Crippen LogP contribution in [0.2, 0.25) is 0 Å². The Morgan fingerprint density at radius 1 is 1.33 bits per heavy atom. The van der Waals surface area contributed by atoms with Gasteiger partial charge < -0.3 is 10.5 Å². The first-order valence-corrected chi connectivity index (χ1v) is 7.51. The minimum absolute atomic E-state index is 0.0495. The number of nitrogen functional groups attached to an aromatic ring is 1. The first-order valence-electron chi connectivity index (χ1n) is 5.86. The Labute approximate surface area is 108 Å². The van der Waals surface area contributed by atoms with Crippen LogP contribution in [-0.2, 0) is 20.5 Å². The van der Waals surface area contributed by atoms with Gasteiger partial charge in [-0.2, -0.15) is 0 Å². The molecule has 0 radical (unpaired) electrons. The Morgan fingerprint density at radius 3 is 2.50 bits per heavy atom. The topological polar surface area (TPSA) is 81.4 Å². The highest BCUT2D eigenvalue weighted by Crippen LogP contribution is 2.08. The lowest BCUT2D eigenvalue weighted by Crippen LogP contribution is -2.33. The van der Waals surface area contributed by atoms with Crippen molar-refractivity contribution >= 4 is 15.7 Å². The first-order chi connectivity index (χ1) is 8.43. The maximum atomic E-state index is 11.8. The summed E-state index contributed by atoms with van der Waals surface area (Å²) in [5, 5.41) is 0. The summed E-state index contributed by atoms with van der Waals surface area (Å²) in [5.41, 5.74) is 6.87. The number of hydrogen-bond donors (Lipinski definition) is 2. The molecule has 0 fully saturated rings. The van der Waals surface area contributed by atoms with Crippen LogP contribution in [0.1, 0.15) is 19.4 Å². The van der Waals surface area contributed by atoms with E-state index in [4.69, 9.17) is 10.5 Å². The zero-order chi connectivity index (χ0) is 13.6. The zero-order valence-electron chi connectivity index (χ0n) is 10.7. The summed E-state index contributed by atoms with van der Waals surface area (Å²) in [4.78, 5) is 0. The number of hydrogen-bond acceptors (Lipinski definition) is 4. The third kappa shape index (κ3) is 5.48. The molecule has 0 aromatic heterocycles. The van der Waals surface area contributed by atoms with Crippen molar-refractivity contribution in [3.05, 3.63) is 29.8 Å². The lowest BCUT2D eigenvalue weighted by Gasteiger charge is -2.13. The molecular weight excluding hydrogens is 252 g/mol. The molecule has 0 saturated carbocycles. The Kier molecular flexibility index (Phi) is 5.58. The van der Waals surface area contributed by atoms with Crippen molar-refractivity contribution in [3.8, 4) is 0 Å². The van der Waals surface area contributed by atoms with E-state index in [1.807, 2.05) is 13.8 Å². The quantitative estimate of drug-likeness (QED) is 0.729. The molecule has 1 unspecified atom stereocenters. The van der Waals surface area contributed by atoms with E-state index < -0.39 is 10.0 Å². The summed E-state index contributed by atoms with van der Waals surface area (Å²) >= 11 is 0. The highest BCUT2D eigenvalue weighted by molar-refractivity contribution is 7.88. The lowest BCUT2D eigenvalue weighted by atomic mass is 10.2. The maximum absolute atomic E-state index is 11.8. The van der Waals surface area contributed by atoms with Crippen LogP contribution in [0.15, 0.2) is 24.3 Å². The molecule has 0 heterocycles. The molecule has 5 nitrogen and oxygen atoms in total. The van der Waals surface area contributed by atoms with Gasteiger partial charge in [-0.25, -0.2) is 13.1 Å². The fraction of sp³-hybridized carbons (Fsp3) is 0.500. The van der Waals surface area contributed by atoms with E-state index in [0.717, 1.165) is 0 Å². The summed E-state index contributed by atoms with van der Waals surface area (Å²) in [6, 6.07) is 6.79. The monoisotopic (exact) mass is 272 g/mol. The fourth-order valence-corrected chi connectivity index (χ4v) is 2.69. The number of sulfonamides is 1. The normalized spacial score (nSPS) is 13.4. The lowest BCUT2D eigenvalue weighted by molar-refractivity contribution is 0.0799. The highest BCUT2D eigenvalue weighted by atomic mass is 32.2. The minimum Gasteiger partial charge on any atom is -0.399 e. The highest BCUT2D eigenvalue weighted by Gasteiger charge is 2.12. The van der Waals surface area contributed by atoms with E-state index >= 15 is 0 Å². The van der Waals surface area contributed by atoms with Crippen molar-refractivity contribution in [1.82, 2.24) is 4.72 Å². The summed E-state index contributed by atoms with van der Waals surface area (Å²) in [6.45, 7) is 4.56. The molecule has 6 heteroatoms. The van der Waals surface area contributed by atoms with Gasteiger partial charge in [0, 0.05) is 18.8 Å². The molecular formula is C12H20N2O3S. The SMILES string of the molecule is CCOC(C)CNS(=O)(=O)Cc1ccc(N)cc1. The molecule has 0 aliphatic heterocycles. The molecule has 0 aliphatic carbocycles. The number of ether oxygens (including phenoxy) is 1. The molecule has 18 heavy (non-hydrogen) atoms. The molecule has 0 bridgehead atoms. The molecule has 1 aromatic rings. The molecule has 1 aromatic carbocycles. The van der Waals surface area contributed by atoms with Crippen LogP contribution in [0, 0.1) is 0 Å². The Morgan fingerprint density at radius 2 is 1.94 bits per heavy atom. The van der Waals surface area contributed by atoms with Crippen molar-refractivity contribution in [1.29, 1.82) is 0 Å². The van der Waals surface area contributed by atoms with Crippen LogP contribution < -0.4 is 10.5 Å². The maximum Gasteiger partial charge on any atom is 0.215 e. The first kappa shape index (κ1) is 14.9. The average molecular weight is 272 g/mol. The van der Waals surface area contributed by atoms with Crippen LogP contribution in [0.25, 0.3) is 0 Å². The number of anilines is 1. The zero-order valence-corrected chi connectivity index (χ0v) is 11.5. The van der Waals surface area contributed by atoms with E-state index in [-0.39, 0.29) is 18.4 Å². The predicted molar refractivity (Wildman–Crippen MR) is 72.6 cm³/mol. The summed E-state index contributed by atoms with van der Waals surface area (Å²) in [7, 11) is -3.33. The molecule has 0 saturated heterocycles. The largest absolute Gasteiger partial charge is 0.399 e. The van der Waals surface area contributed by atoms with Crippen LogP contribution in [-0.4, -0.2) is 27.7 Å². The van der Waals surface area contributed by atoms with Gasteiger partial charge in [0.1, 0.15) is 0 Å². The third-order valence-electron chi connectivity index (χ3n) is 2.38. The number of rotatable bonds is 7. The second kappa shape index (κ2) is 6.72. The van der Waals surface area contributed by atoms with Gasteiger partial charge in [-0.15, -0.1) is 0 Å². The van der Waals surface area contributed by atoms with E-state index in [9.17, 15) is 8.42 Å². The molecule has 0 spiro atoms. The van der Waals surface area contributed by atoms with Crippen LogP contribution in [0.5, 0.6) is 0 Å². The van der Waals surface area contributed by atoms with Crippen molar-refractivity contribution in [3.63, 3.8) is 0 Å².